The molecule has 0 heterocycles. The molecule has 0 radical (unpaired) electrons. The van der Waals surface area contributed by atoms with Gasteiger partial charge in [-0.25, -0.2) is 0 Å². The molecular weight excluding hydrogens is 524 g/mol. The van der Waals surface area contributed by atoms with E-state index in [4.69, 9.17) is 18.9 Å². The Balaban J connectivity index is 1.65. The Bertz CT molecular complexity index is 1470. The molecule has 5 aromatic carbocycles. The van der Waals surface area contributed by atoms with Gasteiger partial charge in [-0.2, -0.15) is 0 Å². The van der Waals surface area contributed by atoms with Crippen LogP contribution in [-0.4, -0.2) is 19.3 Å². The molecule has 0 saturated heterocycles. The van der Waals surface area contributed by atoms with E-state index in [2.05, 4.69) is 0 Å². The topological polar surface area (TPSA) is 57.2 Å². The summed E-state index contributed by atoms with van der Waals surface area (Å²) in [4.78, 5) is 0. The summed E-state index contributed by atoms with van der Waals surface area (Å²) in [6.07, 6.45) is 0. The van der Waals surface area contributed by atoms with Crippen molar-refractivity contribution in [1.29, 1.82) is 0 Å². The molecule has 0 amide bonds. The first-order chi connectivity index (χ1) is 20.4. The SMILES string of the molecule is COc1ccc(C(O)(c2ccc(OC)cc2)c2c(COc3ccc(C)cc3)cccc2COc2ccc(C)cc2)cc1. The molecule has 0 spiro atoms. The van der Waals surface area contributed by atoms with Crippen molar-refractivity contribution < 1.29 is 24.1 Å². The second kappa shape index (κ2) is 12.8. The van der Waals surface area contributed by atoms with Crippen molar-refractivity contribution in [1.82, 2.24) is 0 Å². The van der Waals surface area contributed by atoms with E-state index in [0.29, 0.717) is 28.2 Å². The maximum atomic E-state index is 13.0. The zero-order valence-corrected chi connectivity index (χ0v) is 24.5. The molecule has 5 nitrogen and oxygen atoms in total. The van der Waals surface area contributed by atoms with Crippen LogP contribution in [0.5, 0.6) is 23.0 Å². The molecule has 0 fully saturated rings. The van der Waals surface area contributed by atoms with Gasteiger partial charge in [0.15, 0.2) is 0 Å². The molecule has 0 aromatic heterocycles. The van der Waals surface area contributed by atoms with Crippen LogP contribution in [0.15, 0.2) is 115 Å². The number of hydrogen-bond acceptors (Lipinski definition) is 5. The molecule has 5 rings (SSSR count). The maximum Gasteiger partial charge on any atom is 0.141 e. The molecular formula is C37H36O5. The van der Waals surface area contributed by atoms with Crippen molar-refractivity contribution in [3.05, 3.63) is 154 Å². The molecule has 5 heteroatoms. The normalized spacial score (nSPS) is 11.2. The summed E-state index contributed by atoms with van der Waals surface area (Å²) in [5.41, 5.74) is 4.54. The standard InChI is InChI=1S/C37H36O5/c1-26-8-16-34(17-9-26)41-24-28-6-5-7-29(25-42-35-18-10-27(2)11-19-35)36(28)37(38,30-12-20-32(39-3)21-13-30)31-14-22-33(40-4)23-15-31/h5-23,38H,24-25H2,1-4H3. The zero-order chi connectivity index (χ0) is 29.5. The third kappa shape index (κ3) is 6.27. The molecule has 0 atom stereocenters. The predicted octanol–water partition coefficient (Wildman–Crippen LogP) is 7.76. The van der Waals surface area contributed by atoms with Crippen molar-refractivity contribution in [3.8, 4) is 23.0 Å². The molecule has 0 unspecified atom stereocenters. The van der Waals surface area contributed by atoms with Crippen LogP contribution in [-0.2, 0) is 18.8 Å². The highest BCUT2D eigenvalue weighted by Gasteiger charge is 2.38. The Morgan fingerprint density at radius 1 is 0.500 bits per heavy atom. The van der Waals surface area contributed by atoms with E-state index >= 15 is 0 Å². The Hall–Kier alpha value is -4.74. The summed E-state index contributed by atoms with van der Waals surface area (Å²) in [5, 5.41) is 13.0. The number of aliphatic hydroxyl groups is 1. The third-order valence-corrected chi connectivity index (χ3v) is 7.45. The minimum Gasteiger partial charge on any atom is -0.497 e. The largest absolute Gasteiger partial charge is 0.497 e. The Kier molecular flexibility index (Phi) is 8.80. The van der Waals surface area contributed by atoms with Crippen LogP contribution in [0.4, 0.5) is 0 Å². The number of ether oxygens (including phenoxy) is 4. The van der Waals surface area contributed by atoms with E-state index in [9.17, 15) is 5.11 Å². The smallest absolute Gasteiger partial charge is 0.141 e. The molecule has 1 N–H and O–H groups in total. The fraction of sp³-hybridized carbons (Fsp3) is 0.189. The monoisotopic (exact) mass is 560 g/mol. The number of rotatable bonds is 11. The van der Waals surface area contributed by atoms with Crippen LogP contribution in [0.25, 0.3) is 0 Å². The zero-order valence-electron chi connectivity index (χ0n) is 24.5. The summed E-state index contributed by atoms with van der Waals surface area (Å²) >= 11 is 0. The Morgan fingerprint density at radius 2 is 0.857 bits per heavy atom. The summed E-state index contributed by atoms with van der Waals surface area (Å²) in [5.74, 6) is 2.92. The number of benzene rings is 5. The van der Waals surface area contributed by atoms with Gasteiger partial charge in [0.05, 0.1) is 14.2 Å². The van der Waals surface area contributed by atoms with Gasteiger partial charge >= 0.3 is 0 Å². The number of methoxy groups -OCH3 is 2. The van der Waals surface area contributed by atoms with Crippen molar-refractivity contribution in [2.24, 2.45) is 0 Å². The van der Waals surface area contributed by atoms with Gasteiger partial charge in [0.25, 0.3) is 0 Å². The van der Waals surface area contributed by atoms with Crippen LogP contribution in [0.2, 0.25) is 0 Å². The molecule has 42 heavy (non-hydrogen) atoms. The van der Waals surface area contributed by atoms with Crippen LogP contribution in [0.1, 0.15) is 38.9 Å². The summed E-state index contributed by atoms with van der Waals surface area (Å²) in [6.45, 7) is 4.60. The lowest BCUT2D eigenvalue weighted by molar-refractivity contribution is 0.120. The molecule has 0 bridgehead atoms. The molecule has 0 aliphatic heterocycles. The van der Waals surface area contributed by atoms with Crippen molar-refractivity contribution in [3.63, 3.8) is 0 Å². The number of aryl methyl sites for hydroxylation is 2. The van der Waals surface area contributed by atoms with E-state index in [0.717, 1.165) is 33.8 Å². The number of hydrogen-bond donors (Lipinski definition) is 1. The fourth-order valence-electron chi connectivity index (χ4n) is 5.07. The maximum absolute atomic E-state index is 13.0. The molecule has 0 saturated carbocycles. The third-order valence-electron chi connectivity index (χ3n) is 7.45. The van der Waals surface area contributed by atoms with E-state index in [1.54, 1.807) is 14.2 Å². The second-order valence-corrected chi connectivity index (χ2v) is 10.3. The first-order valence-electron chi connectivity index (χ1n) is 13.9. The van der Waals surface area contributed by atoms with Crippen molar-refractivity contribution >= 4 is 0 Å². The predicted molar refractivity (Wildman–Crippen MR) is 166 cm³/mol. The first kappa shape index (κ1) is 28.8. The van der Waals surface area contributed by atoms with Crippen molar-refractivity contribution in [2.75, 3.05) is 14.2 Å². The highest BCUT2D eigenvalue weighted by atomic mass is 16.5. The van der Waals surface area contributed by atoms with Crippen LogP contribution in [0.3, 0.4) is 0 Å². The first-order valence-corrected chi connectivity index (χ1v) is 13.9. The average molecular weight is 561 g/mol. The quantitative estimate of drug-likeness (QED) is 0.167. The van der Waals surface area contributed by atoms with Gasteiger partial charge in [0.1, 0.15) is 41.8 Å². The lowest BCUT2D eigenvalue weighted by atomic mass is 9.76. The van der Waals surface area contributed by atoms with E-state index < -0.39 is 5.60 Å². The lowest BCUT2D eigenvalue weighted by Gasteiger charge is -2.34. The minimum atomic E-state index is -1.54. The summed E-state index contributed by atoms with van der Waals surface area (Å²) in [7, 11) is 3.26. The van der Waals surface area contributed by atoms with Crippen LogP contribution in [0, 0.1) is 13.8 Å². The van der Waals surface area contributed by atoms with Crippen molar-refractivity contribution in [2.45, 2.75) is 32.7 Å². The summed E-state index contributed by atoms with van der Waals surface area (Å²) in [6, 6.07) is 36.9. The molecule has 5 aromatic rings. The van der Waals surface area contributed by atoms with Gasteiger partial charge < -0.3 is 24.1 Å². The van der Waals surface area contributed by atoms with E-state index in [1.165, 1.54) is 0 Å². The summed E-state index contributed by atoms with van der Waals surface area (Å²) < 4.78 is 23.4. The fourth-order valence-corrected chi connectivity index (χ4v) is 5.07. The molecule has 214 valence electrons. The lowest BCUT2D eigenvalue weighted by Crippen LogP contribution is -2.32. The van der Waals surface area contributed by atoms with Gasteiger partial charge in [0.2, 0.25) is 0 Å². The van der Waals surface area contributed by atoms with E-state index in [1.807, 2.05) is 129 Å². The van der Waals surface area contributed by atoms with Gasteiger partial charge in [-0.1, -0.05) is 77.9 Å². The highest BCUT2D eigenvalue weighted by molar-refractivity contribution is 5.54. The van der Waals surface area contributed by atoms with Gasteiger partial charge in [-0.3, -0.25) is 0 Å². The van der Waals surface area contributed by atoms with Crippen LogP contribution >= 0.6 is 0 Å². The Morgan fingerprint density at radius 3 is 1.21 bits per heavy atom. The molecule has 0 aliphatic carbocycles. The molecule has 0 aliphatic rings. The average Bonchev–Trinajstić information content (AvgIpc) is 3.04. The van der Waals surface area contributed by atoms with Gasteiger partial charge in [-0.15, -0.1) is 0 Å². The minimum absolute atomic E-state index is 0.255. The van der Waals surface area contributed by atoms with Gasteiger partial charge in [-0.05, 0) is 84.6 Å². The van der Waals surface area contributed by atoms with Crippen LogP contribution < -0.4 is 18.9 Å². The Labute approximate surface area is 247 Å². The highest BCUT2D eigenvalue weighted by Crippen LogP contribution is 2.42. The van der Waals surface area contributed by atoms with E-state index in [-0.39, 0.29) is 13.2 Å². The van der Waals surface area contributed by atoms with Gasteiger partial charge in [0, 0.05) is 5.56 Å². The second-order valence-electron chi connectivity index (χ2n) is 10.3.